The van der Waals surface area contributed by atoms with Gasteiger partial charge in [-0.25, -0.2) is 0 Å². The smallest absolute Gasteiger partial charge is 0.119 e. The second kappa shape index (κ2) is 8.59. The topological polar surface area (TPSA) is 21.3 Å². The standard InChI is InChI=1S/C22H22ClNO/c1-17-10-11-20(15-22(17)23)24-16-19-8-5-9-21(14-19)25-13-12-18-6-3-2-4-7-18/h2-11,14-15,24H,12-13,16H2,1H3. The number of rotatable bonds is 7. The molecule has 0 heterocycles. The van der Waals surface area contributed by atoms with Crippen molar-refractivity contribution in [1.29, 1.82) is 0 Å². The molecule has 25 heavy (non-hydrogen) atoms. The van der Waals surface area contributed by atoms with Gasteiger partial charge in [-0.1, -0.05) is 60.1 Å². The fourth-order valence-corrected chi connectivity index (χ4v) is 2.76. The zero-order chi connectivity index (χ0) is 17.5. The molecule has 0 aromatic heterocycles. The first kappa shape index (κ1) is 17.4. The van der Waals surface area contributed by atoms with Gasteiger partial charge in [0.25, 0.3) is 0 Å². The Morgan fingerprint density at radius 1 is 0.880 bits per heavy atom. The van der Waals surface area contributed by atoms with Crippen LogP contribution in [0.25, 0.3) is 0 Å². The summed E-state index contributed by atoms with van der Waals surface area (Å²) in [7, 11) is 0. The van der Waals surface area contributed by atoms with Crippen LogP contribution < -0.4 is 10.1 Å². The number of hydrogen-bond acceptors (Lipinski definition) is 2. The summed E-state index contributed by atoms with van der Waals surface area (Å²) in [5.74, 6) is 0.900. The van der Waals surface area contributed by atoms with Gasteiger partial charge >= 0.3 is 0 Å². The molecule has 3 aromatic rings. The molecule has 3 rings (SSSR count). The molecule has 128 valence electrons. The summed E-state index contributed by atoms with van der Waals surface area (Å²) in [4.78, 5) is 0. The zero-order valence-electron chi connectivity index (χ0n) is 14.3. The molecule has 1 N–H and O–H groups in total. The van der Waals surface area contributed by atoms with Crippen LogP contribution in [0.5, 0.6) is 5.75 Å². The Kier molecular flexibility index (Phi) is 5.97. The molecule has 0 aliphatic carbocycles. The molecule has 0 atom stereocenters. The summed E-state index contributed by atoms with van der Waals surface area (Å²) in [6.07, 6.45) is 0.908. The summed E-state index contributed by atoms with van der Waals surface area (Å²) in [5.41, 5.74) is 4.57. The number of benzene rings is 3. The predicted octanol–water partition coefficient (Wildman–Crippen LogP) is 5.88. The molecular formula is C22H22ClNO. The van der Waals surface area contributed by atoms with E-state index in [-0.39, 0.29) is 0 Å². The van der Waals surface area contributed by atoms with Gasteiger partial charge in [0, 0.05) is 23.7 Å². The summed E-state index contributed by atoms with van der Waals surface area (Å²) < 4.78 is 5.89. The minimum absolute atomic E-state index is 0.675. The Bertz CT molecular complexity index is 817. The third kappa shape index (κ3) is 5.27. The average Bonchev–Trinajstić information content (AvgIpc) is 2.64. The van der Waals surface area contributed by atoms with Crippen LogP contribution >= 0.6 is 11.6 Å². The third-order valence-electron chi connectivity index (χ3n) is 4.07. The van der Waals surface area contributed by atoms with Gasteiger partial charge in [-0.2, -0.15) is 0 Å². The van der Waals surface area contributed by atoms with Crippen molar-refractivity contribution in [3.8, 4) is 5.75 Å². The zero-order valence-corrected chi connectivity index (χ0v) is 15.1. The van der Waals surface area contributed by atoms with Crippen molar-refractivity contribution in [2.45, 2.75) is 19.9 Å². The van der Waals surface area contributed by atoms with E-state index in [1.165, 1.54) is 11.1 Å². The minimum Gasteiger partial charge on any atom is -0.493 e. The van der Waals surface area contributed by atoms with Gasteiger partial charge in [0.15, 0.2) is 0 Å². The summed E-state index contributed by atoms with van der Waals surface area (Å²) >= 11 is 6.17. The van der Waals surface area contributed by atoms with E-state index in [1.54, 1.807) is 0 Å². The van der Waals surface area contributed by atoms with Crippen LogP contribution in [0, 0.1) is 6.92 Å². The van der Waals surface area contributed by atoms with Crippen LogP contribution in [0.1, 0.15) is 16.7 Å². The van der Waals surface area contributed by atoms with E-state index in [4.69, 9.17) is 16.3 Å². The molecule has 2 nitrogen and oxygen atoms in total. The number of nitrogens with one attached hydrogen (secondary N) is 1. The monoisotopic (exact) mass is 351 g/mol. The van der Waals surface area contributed by atoms with E-state index >= 15 is 0 Å². The van der Waals surface area contributed by atoms with Gasteiger partial charge in [-0.15, -0.1) is 0 Å². The maximum Gasteiger partial charge on any atom is 0.119 e. The first-order chi connectivity index (χ1) is 12.2. The quantitative estimate of drug-likeness (QED) is 0.573. The number of hydrogen-bond donors (Lipinski definition) is 1. The van der Waals surface area contributed by atoms with Crippen molar-refractivity contribution in [3.63, 3.8) is 0 Å². The van der Waals surface area contributed by atoms with Crippen molar-refractivity contribution in [3.05, 3.63) is 94.5 Å². The summed E-state index contributed by atoms with van der Waals surface area (Å²) in [6, 6.07) is 24.6. The normalized spacial score (nSPS) is 10.5. The lowest BCUT2D eigenvalue weighted by Crippen LogP contribution is -2.03. The Labute approximate surface area is 154 Å². The van der Waals surface area contributed by atoms with E-state index in [0.29, 0.717) is 6.61 Å². The van der Waals surface area contributed by atoms with Crippen LogP contribution in [0.3, 0.4) is 0 Å². The number of halogens is 1. The SMILES string of the molecule is Cc1ccc(NCc2cccc(OCCc3ccccc3)c2)cc1Cl. The highest BCUT2D eigenvalue weighted by Gasteiger charge is 2.01. The highest BCUT2D eigenvalue weighted by molar-refractivity contribution is 6.31. The highest BCUT2D eigenvalue weighted by atomic mass is 35.5. The van der Waals surface area contributed by atoms with Crippen molar-refractivity contribution in [1.82, 2.24) is 0 Å². The maximum absolute atomic E-state index is 6.17. The molecule has 0 saturated carbocycles. The van der Waals surface area contributed by atoms with Crippen LogP contribution in [0.4, 0.5) is 5.69 Å². The molecule has 0 aliphatic rings. The van der Waals surface area contributed by atoms with E-state index < -0.39 is 0 Å². The molecule has 0 radical (unpaired) electrons. The Hall–Kier alpha value is -2.45. The number of aryl methyl sites for hydroxylation is 1. The van der Waals surface area contributed by atoms with Gasteiger partial charge in [0.05, 0.1) is 6.61 Å². The molecule has 0 bridgehead atoms. The Morgan fingerprint density at radius 2 is 1.68 bits per heavy atom. The molecular weight excluding hydrogens is 330 g/mol. The lowest BCUT2D eigenvalue weighted by atomic mass is 10.1. The maximum atomic E-state index is 6.17. The lowest BCUT2D eigenvalue weighted by Gasteiger charge is -2.10. The Morgan fingerprint density at radius 3 is 2.48 bits per heavy atom. The average molecular weight is 352 g/mol. The number of ether oxygens (including phenoxy) is 1. The van der Waals surface area contributed by atoms with Gasteiger partial charge in [0.1, 0.15) is 5.75 Å². The second-order valence-electron chi connectivity index (χ2n) is 6.05. The van der Waals surface area contributed by atoms with E-state index in [2.05, 4.69) is 41.7 Å². The van der Waals surface area contributed by atoms with Gasteiger partial charge in [-0.3, -0.25) is 0 Å². The fourth-order valence-electron chi connectivity index (χ4n) is 2.58. The Balaban J connectivity index is 1.53. The molecule has 0 unspecified atom stereocenters. The lowest BCUT2D eigenvalue weighted by molar-refractivity contribution is 0.321. The van der Waals surface area contributed by atoms with E-state index in [0.717, 1.165) is 35.0 Å². The van der Waals surface area contributed by atoms with Crippen LogP contribution in [0.15, 0.2) is 72.8 Å². The van der Waals surface area contributed by atoms with Gasteiger partial charge in [-0.05, 0) is 47.9 Å². The molecule has 0 fully saturated rings. The van der Waals surface area contributed by atoms with Gasteiger partial charge < -0.3 is 10.1 Å². The fraction of sp³-hybridized carbons (Fsp3) is 0.182. The van der Waals surface area contributed by atoms with Crippen LogP contribution in [0.2, 0.25) is 5.02 Å². The molecule has 3 aromatic carbocycles. The van der Waals surface area contributed by atoms with E-state index in [9.17, 15) is 0 Å². The van der Waals surface area contributed by atoms with E-state index in [1.807, 2.05) is 43.3 Å². The molecule has 0 spiro atoms. The minimum atomic E-state index is 0.675. The summed E-state index contributed by atoms with van der Waals surface area (Å²) in [5, 5.41) is 4.18. The molecule has 0 aliphatic heterocycles. The largest absolute Gasteiger partial charge is 0.493 e. The van der Waals surface area contributed by atoms with Crippen LogP contribution in [-0.4, -0.2) is 6.61 Å². The molecule has 0 amide bonds. The summed E-state index contributed by atoms with van der Waals surface area (Å²) in [6.45, 7) is 3.41. The van der Waals surface area contributed by atoms with Crippen molar-refractivity contribution in [2.75, 3.05) is 11.9 Å². The third-order valence-corrected chi connectivity index (χ3v) is 4.48. The highest BCUT2D eigenvalue weighted by Crippen LogP contribution is 2.21. The first-order valence-electron chi connectivity index (χ1n) is 8.46. The van der Waals surface area contributed by atoms with Crippen molar-refractivity contribution < 1.29 is 4.74 Å². The van der Waals surface area contributed by atoms with Crippen molar-refractivity contribution >= 4 is 17.3 Å². The molecule has 0 saturated heterocycles. The molecule has 3 heteroatoms. The first-order valence-corrected chi connectivity index (χ1v) is 8.84. The van der Waals surface area contributed by atoms with Crippen LogP contribution in [-0.2, 0) is 13.0 Å². The predicted molar refractivity (Wildman–Crippen MR) is 106 cm³/mol. The second-order valence-corrected chi connectivity index (χ2v) is 6.46. The van der Waals surface area contributed by atoms with Gasteiger partial charge in [0.2, 0.25) is 0 Å². The number of anilines is 1. The van der Waals surface area contributed by atoms with Crippen molar-refractivity contribution in [2.24, 2.45) is 0 Å².